The standard InChI is InChI=1S/C9H18N2O3/c1-14-9(13)11-5-3-2-4-7(11)8(12)6-10/h7-8,12H,2-6,10H2,1H3. The number of nitrogens with zero attached hydrogens (tertiary/aromatic N) is 1. The minimum absolute atomic E-state index is 0.179. The van der Waals surface area contributed by atoms with Gasteiger partial charge in [-0.2, -0.15) is 0 Å². The number of methoxy groups -OCH3 is 1. The Balaban J connectivity index is 2.63. The number of ether oxygens (including phenoxy) is 1. The lowest BCUT2D eigenvalue weighted by Crippen LogP contribution is -2.51. The maximum absolute atomic E-state index is 11.3. The molecule has 14 heavy (non-hydrogen) atoms. The van der Waals surface area contributed by atoms with Crippen molar-refractivity contribution in [3.63, 3.8) is 0 Å². The van der Waals surface area contributed by atoms with Crippen LogP contribution in [0.25, 0.3) is 0 Å². The zero-order valence-electron chi connectivity index (χ0n) is 8.48. The van der Waals surface area contributed by atoms with E-state index in [1.54, 1.807) is 4.90 Å². The van der Waals surface area contributed by atoms with E-state index >= 15 is 0 Å². The minimum atomic E-state index is -0.644. The van der Waals surface area contributed by atoms with Gasteiger partial charge in [0.1, 0.15) is 0 Å². The molecule has 0 aromatic carbocycles. The van der Waals surface area contributed by atoms with Crippen molar-refractivity contribution in [3.8, 4) is 0 Å². The summed E-state index contributed by atoms with van der Waals surface area (Å²) in [6.45, 7) is 0.826. The molecular weight excluding hydrogens is 184 g/mol. The van der Waals surface area contributed by atoms with E-state index in [1.165, 1.54) is 7.11 Å². The zero-order valence-corrected chi connectivity index (χ0v) is 8.48. The van der Waals surface area contributed by atoms with Crippen LogP contribution >= 0.6 is 0 Å². The maximum Gasteiger partial charge on any atom is 0.409 e. The van der Waals surface area contributed by atoms with Crippen molar-refractivity contribution >= 4 is 6.09 Å². The molecule has 1 aliphatic heterocycles. The quantitative estimate of drug-likeness (QED) is 0.657. The molecule has 0 aromatic heterocycles. The fourth-order valence-corrected chi connectivity index (χ4v) is 1.86. The molecule has 1 amide bonds. The van der Waals surface area contributed by atoms with Gasteiger partial charge < -0.3 is 20.5 Å². The van der Waals surface area contributed by atoms with Crippen LogP contribution in [0.3, 0.4) is 0 Å². The van der Waals surface area contributed by atoms with E-state index in [0.29, 0.717) is 6.54 Å². The van der Waals surface area contributed by atoms with Gasteiger partial charge >= 0.3 is 6.09 Å². The number of aliphatic hydroxyl groups excluding tert-OH is 1. The molecule has 82 valence electrons. The van der Waals surface area contributed by atoms with Crippen LogP contribution in [0.2, 0.25) is 0 Å². The number of carbonyl (C=O) groups excluding carboxylic acids is 1. The van der Waals surface area contributed by atoms with Crippen molar-refractivity contribution in [2.45, 2.75) is 31.4 Å². The summed E-state index contributed by atoms with van der Waals surface area (Å²) in [5, 5.41) is 9.62. The molecule has 1 heterocycles. The Morgan fingerprint density at radius 2 is 2.43 bits per heavy atom. The molecule has 2 atom stereocenters. The van der Waals surface area contributed by atoms with Crippen LogP contribution in [0.5, 0.6) is 0 Å². The number of carbonyl (C=O) groups is 1. The van der Waals surface area contributed by atoms with Gasteiger partial charge in [0.2, 0.25) is 0 Å². The van der Waals surface area contributed by atoms with Crippen molar-refractivity contribution in [2.75, 3.05) is 20.2 Å². The van der Waals surface area contributed by atoms with Crippen LogP contribution in [0.15, 0.2) is 0 Å². The summed E-state index contributed by atoms with van der Waals surface area (Å²) < 4.78 is 4.65. The highest BCUT2D eigenvalue weighted by atomic mass is 16.5. The zero-order chi connectivity index (χ0) is 10.6. The maximum atomic E-state index is 11.3. The first-order valence-corrected chi connectivity index (χ1v) is 4.93. The van der Waals surface area contributed by atoms with Gasteiger partial charge in [-0.3, -0.25) is 0 Å². The highest BCUT2D eigenvalue weighted by molar-refractivity contribution is 5.68. The Hall–Kier alpha value is -0.810. The molecule has 3 N–H and O–H groups in total. The number of piperidine rings is 1. The van der Waals surface area contributed by atoms with Gasteiger partial charge in [0.05, 0.1) is 19.3 Å². The molecule has 1 saturated heterocycles. The van der Waals surface area contributed by atoms with E-state index in [9.17, 15) is 9.90 Å². The third-order valence-electron chi connectivity index (χ3n) is 2.64. The lowest BCUT2D eigenvalue weighted by atomic mass is 9.98. The fourth-order valence-electron chi connectivity index (χ4n) is 1.86. The van der Waals surface area contributed by atoms with E-state index < -0.39 is 6.10 Å². The minimum Gasteiger partial charge on any atom is -0.453 e. The largest absolute Gasteiger partial charge is 0.453 e. The number of likely N-dealkylation sites (tertiary alicyclic amines) is 1. The molecule has 0 spiro atoms. The van der Waals surface area contributed by atoms with Crippen LogP contribution in [0.4, 0.5) is 4.79 Å². The van der Waals surface area contributed by atoms with Crippen LogP contribution in [0, 0.1) is 0 Å². The summed E-state index contributed by atoms with van der Waals surface area (Å²) in [6, 6.07) is -0.179. The van der Waals surface area contributed by atoms with Crippen molar-refractivity contribution < 1.29 is 14.6 Å². The predicted octanol–water partition coefficient (Wildman–Crippen LogP) is -0.0731. The molecule has 0 radical (unpaired) electrons. The number of rotatable bonds is 2. The molecule has 2 unspecified atom stereocenters. The SMILES string of the molecule is COC(=O)N1CCCCC1C(O)CN. The Labute approximate surface area is 83.8 Å². The first kappa shape index (κ1) is 11.3. The average molecular weight is 202 g/mol. The molecule has 0 bridgehead atoms. The summed E-state index contributed by atoms with van der Waals surface area (Å²) in [5.41, 5.74) is 5.38. The van der Waals surface area contributed by atoms with Gasteiger partial charge in [-0.15, -0.1) is 0 Å². The Bertz CT molecular complexity index is 198. The predicted molar refractivity (Wildman–Crippen MR) is 51.8 cm³/mol. The summed E-state index contributed by atoms with van der Waals surface area (Å²) in [5.74, 6) is 0. The van der Waals surface area contributed by atoms with E-state index in [2.05, 4.69) is 4.74 Å². The number of hydrogen-bond donors (Lipinski definition) is 2. The first-order valence-electron chi connectivity index (χ1n) is 4.93. The number of aliphatic hydroxyl groups is 1. The van der Waals surface area contributed by atoms with E-state index in [-0.39, 0.29) is 18.7 Å². The van der Waals surface area contributed by atoms with E-state index in [4.69, 9.17) is 5.73 Å². The second-order valence-corrected chi connectivity index (χ2v) is 3.53. The number of amides is 1. The van der Waals surface area contributed by atoms with Crippen LogP contribution < -0.4 is 5.73 Å². The van der Waals surface area contributed by atoms with Gasteiger partial charge in [0, 0.05) is 13.1 Å². The summed E-state index contributed by atoms with van der Waals surface area (Å²) in [6.07, 6.45) is 1.77. The highest BCUT2D eigenvalue weighted by Crippen LogP contribution is 2.20. The second-order valence-electron chi connectivity index (χ2n) is 3.53. The van der Waals surface area contributed by atoms with Gasteiger partial charge in [0.15, 0.2) is 0 Å². The molecule has 0 saturated carbocycles. The van der Waals surface area contributed by atoms with Crippen molar-refractivity contribution in [2.24, 2.45) is 5.73 Å². The lowest BCUT2D eigenvalue weighted by Gasteiger charge is -2.36. The first-order chi connectivity index (χ1) is 6.70. The third kappa shape index (κ3) is 2.36. The lowest BCUT2D eigenvalue weighted by molar-refractivity contribution is 0.0272. The van der Waals surface area contributed by atoms with Crippen molar-refractivity contribution in [3.05, 3.63) is 0 Å². The van der Waals surface area contributed by atoms with Crippen LogP contribution in [0.1, 0.15) is 19.3 Å². The molecule has 0 aliphatic carbocycles. The molecule has 5 heteroatoms. The average Bonchev–Trinajstić information content (AvgIpc) is 2.27. The summed E-state index contributed by atoms with van der Waals surface area (Å²) >= 11 is 0. The molecule has 5 nitrogen and oxygen atoms in total. The van der Waals surface area contributed by atoms with Crippen LogP contribution in [-0.2, 0) is 4.74 Å². The smallest absolute Gasteiger partial charge is 0.409 e. The van der Waals surface area contributed by atoms with Gasteiger partial charge in [-0.05, 0) is 19.3 Å². The highest BCUT2D eigenvalue weighted by Gasteiger charge is 2.31. The van der Waals surface area contributed by atoms with Crippen molar-refractivity contribution in [1.29, 1.82) is 0 Å². The van der Waals surface area contributed by atoms with Gasteiger partial charge in [-0.1, -0.05) is 0 Å². The molecule has 1 fully saturated rings. The Kier molecular flexibility index (Phi) is 4.16. The van der Waals surface area contributed by atoms with Gasteiger partial charge in [0.25, 0.3) is 0 Å². The summed E-state index contributed by atoms with van der Waals surface area (Å²) in [7, 11) is 1.35. The number of hydrogen-bond acceptors (Lipinski definition) is 4. The molecule has 1 aliphatic rings. The second kappa shape index (κ2) is 5.17. The van der Waals surface area contributed by atoms with Gasteiger partial charge in [-0.25, -0.2) is 4.79 Å². The fraction of sp³-hybridized carbons (Fsp3) is 0.889. The van der Waals surface area contributed by atoms with E-state index in [0.717, 1.165) is 19.3 Å². The monoisotopic (exact) mass is 202 g/mol. The molecular formula is C9H18N2O3. The van der Waals surface area contributed by atoms with E-state index in [1.807, 2.05) is 0 Å². The summed E-state index contributed by atoms with van der Waals surface area (Å²) in [4.78, 5) is 12.9. The number of nitrogens with two attached hydrogens (primary N) is 1. The molecule has 1 rings (SSSR count). The molecule has 0 aromatic rings. The van der Waals surface area contributed by atoms with Crippen LogP contribution in [-0.4, -0.2) is 48.4 Å². The third-order valence-corrected chi connectivity index (χ3v) is 2.64. The Morgan fingerprint density at radius 1 is 1.71 bits per heavy atom. The topological polar surface area (TPSA) is 75.8 Å². The Morgan fingerprint density at radius 3 is 3.00 bits per heavy atom. The normalized spacial score (nSPS) is 24.5. The van der Waals surface area contributed by atoms with Crippen molar-refractivity contribution in [1.82, 2.24) is 4.90 Å².